The Kier molecular flexibility index (Phi) is 8.76. The minimum absolute atomic E-state index is 0.0513. The lowest BCUT2D eigenvalue weighted by atomic mass is 9.82. The highest BCUT2D eigenvalue weighted by Gasteiger charge is 2.32. The number of rotatable bonds is 11. The lowest BCUT2D eigenvalue weighted by Gasteiger charge is -2.34. The molecule has 0 spiro atoms. The van der Waals surface area contributed by atoms with Crippen LogP contribution in [0.25, 0.3) is 0 Å². The summed E-state index contributed by atoms with van der Waals surface area (Å²) in [5.74, 6) is 2.96. The van der Waals surface area contributed by atoms with E-state index in [-0.39, 0.29) is 23.5 Å². The number of nitrogens with zero attached hydrogens (tertiary/aromatic N) is 1. The molecule has 192 valence electrons. The first-order chi connectivity index (χ1) is 17.4. The zero-order chi connectivity index (χ0) is 25.5. The first-order valence-electron chi connectivity index (χ1n) is 13.1. The molecule has 0 fully saturated rings. The molecule has 0 amide bonds. The van der Waals surface area contributed by atoms with Crippen LogP contribution in [0.3, 0.4) is 0 Å². The van der Waals surface area contributed by atoms with Gasteiger partial charge in [-0.3, -0.25) is 0 Å². The van der Waals surface area contributed by atoms with Crippen LogP contribution in [0.5, 0.6) is 23.0 Å². The van der Waals surface area contributed by atoms with Gasteiger partial charge in [-0.05, 0) is 91.5 Å². The fourth-order valence-corrected chi connectivity index (χ4v) is 4.98. The molecule has 3 atom stereocenters. The van der Waals surface area contributed by atoms with E-state index in [1.165, 1.54) is 19.3 Å². The van der Waals surface area contributed by atoms with Gasteiger partial charge in [0.25, 0.3) is 0 Å². The topological polar surface area (TPSA) is 62.2 Å². The van der Waals surface area contributed by atoms with Gasteiger partial charge < -0.3 is 24.6 Å². The van der Waals surface area contributed by atoms with Crippen LogP contribution in [0, 0.1) is 5.92 Å². The van der Waals surface area contributed by atoms with Gasteiger partial charge in [-0.2, -0.15) is 0 Å². The summed E-state index contributed by atoms with van der Waals surface area (Å²) in [5, 5.41) is 19.7. The first-order valence-corrected chi connectivity index (χ1v) is 13.1. The van der Waals surface area contributed by atoms with Gasteiger partial charge >= 0.3 is 0 Å². The molecule has 5 nitrogen and oxygen atoms in total. The quantitative estimate of drug-likeness (QED) is 0.314. The Labute approximate surface area is 215 Å². The molecule has 1 aliphatic rings. The molecule has 0 saturated carbocycles. The van der Waals surface area contributed by atoms with E-state index < -0.39 is 0 Å². The van der Waals surface area contributed by atoms with E-state index in [0.29, 0.717) is 6.61 Å². The second-order valence-electron chi connectivity index (χ2n) is 10.1. The van der Waals surface area contributed by atoms with Gasteiger partial charge in [-0.15, -0.1) is 0 Å². The van der Waals surface area contributed by atoms with E-state index in [2.05, 4.69) is 37.9 Å². The van der Waals surface area contributed by atoms with Crippen LogP contribution in [0.15, 0.2) is 66.7 Å². The molecule has 0 radical (unpaired) electrons. The monoisotopic (exact) mass is 489 g/mol. The highest BCUT2D eigenvalue weighted by molar-refractivity contribution is 5.45. The number of phenolic OH excluding ortho intramolecular Hbond substituents is 2. The van der Waals surface area contributed by atoms with Gasteiger partial charge in [0.1, 0.15) is 35.7 Å². The van der Waals surface area contributed by atoms with Crippen LogP contribution in [-0.2, 0) is 6.42 Å². The molecule has 2 N–H and O–H groups in total. The van der Waals surface area contributed by atoms with Crippen LogP contribution in [0.2, 0.25) is 0 Å². The van der Waals surface area contributed by atoms with Gasteiger partial charge in [-0.1, -0.05) is 51.0 Å². The van der Waals surface area contributed by atoms with Crippen molar-refractivity contribution in [1.29, 1.82) is 0 Å². The fraction of sp³-hybridized carbons (Fsp3) is 0.419. The Bertz CT molecular complexity index is 1100. The van der Waals surface area contributed by atoms with Crippen molar-refractivity contribution >= 4 is 0 Å². The number of benzene rings is 3. The van der Waals surface area contributed by atoms with E-state index in [4.69, 9.17) is 9.47 Å². The SMILES string of the molecule is CCCC(C)CCN(C)CCOc1ccc(C2Oc3ccc(O)cc3CC2c2ccc(O)cc2)cc1. The summed E-state index contributed by atoms with van der Waals surface area (Å²) < 4.78 is 12.5. The van der Waals surface area contributed by atoms with Crippen LogP contribution in [0.1, 0.15) is 61.8 Å². The summed E-state index contributed by atoms with van der Waals surface area (Å²) in [5.41, 5.74) is 3.14. The average molecular weight is 490 g/mol. The Morgan fingerprint density at radius 1 is 0.917 bits per heavy atom. The summed E-state index contributed by atoms with van der Waals surface area (Å²) in [6.45, 7) is 7.24. The molecule has 4 rings (SSSR count). The van der Waals surface area contributed by atoms with E-state index in [1.807, 2.05) is 30.3 Å². The Balaban J connectivity index is 1.41. The van der Waals surface area contributed by atoms with Crippen LogP contribution in [0.4, 0.5) is 0 Å². The van der Waals surface area contributed by atoms with Crippen molar-refractivity contribution in [2.75, 3.05) is 26.7 Å². The minimum atomic E-state index is -0.183. The van der Waals surface area contributed by atoms with Crippen molar-refractivity contribution in [2.24, 2.45) is 5.92 Å². The molecule has 1 aliphatic heterocycles. The zero-order valence-corrected chi connectivity index (χ0v) is 21.7. The van der Waals surface area contributed by atoms with Gasteiger partial charge in [0.2, 0.25) is 0 Å². The number of fused-ring (bicyclic) bond motifs is 1. The zero-order valence-electron chi connectivity index (χ0n) is 21.7. The first kappa shape index (κ1) is 25.9. The standard InChI is InChI=1S/C31H39NO4/c1-4-5-22(2)16-17-32(3)18-19-35-28-13-8-24(9-14-28)31-29(23-6-10-26(33)11-7-23)21-25-20-27(34)12-15-30(25)36-31/h6-15,20,22,29,31,33-34H,4-5,16-19,21H2,1-3H3. The van der Waals surface area contributed by atoms with Crippen LogP contribution < -0.4 is 9.47 Å². The smallest absolute Gasteiger partial charge is 0.131 e. The molecule has 0 bridgehead atoms. The van der Waals surface area contributed by atoms with Crippen molar-refractivity contribution in [3.63, 3.8) is 0 Å². The second kappa shape index (κ2) is 12.2. The second-order valence-corrected chi connectivity index (χ2v) is 10.1. The Hall–Kier alpha value is -3.18. The third-order valence-corrected chi connectivity index (χ3v) is 7.16. The number of phenols is 2. The lowest BCUT2D eigenvalue weighted by molar-refractivity contribution is 0.151. The summed E-state index contributed by atoms with van der Waals surface area (Å²) >= 11 is 0. The Morgan fingerprint density at radius 3 is 2.33 bits per heavy atom. The van der Waals surface area contributed by atoms with Crippen LogP contribution >= 0.6 is 0 Å². The third kappa shape index (κ3) is 6.73. The predicted molar refractivity (Wildman–Crippen MR) is 144 cm³/mol. The molecule has 0 saturated heterocycles. The molecule has 3 unspecified atom stereocenters. The summed E-state index contributed by atoms with van der Waals surface area (Å²) in [7, 11) is 2.16. The summed E-state index contributed by atoms with van der Waals surface area (Å²) in [6, 6.07) is 20.8. The molecule has 36 heavy (non-hydrogen) atoms. The van der Waals surface area contributed by atoms with E-state index >= 15 is 0 Å². The van der Waals surface area contributed by atoms with Crippen molar-refractivity contribution in [2.45, 2.75) is 51.6 Å². The summed E-state index contributed by atoms with van der Waals surface area (Å²) in [4.78, 5) is 2.34. The Morgan fingerprint density at radius 2 is 1.61 bits per heavy atom. The van der Waals surface area contributed by atoms with Gasteiger partial charge in [-0.25, -0.2) is 0 Å². The summed E-state index contributed by atoms with van der Waals surface area (Å²) in [6.07, 6.45) is 4.33. The molecule has 0 aliphatic carbocycles. The number of aromatic hydroxyl groups is 2. The van der Waals surface area contributed by atoms with Crippen molar-refractivity contribution in [1.82, 2.24) is 4.90 Å². The molecule has 5 heteroatoms. The largest absolute Gasteiger partial charge is 0.508 e. The number of likely N-dealkylation sites (N-methyl/N-ethyl adjacent to an activating group) is 1. The maximum atomic E-state index is 9.97. The molecule has 0 aromatic heterocycles. The highest BCUT2D eigenvalue weighted by Crippen LogP contribution is 2.45. The highest BCUT2D eigenvalue weighted by atomic mass is 16.5. The van der Waals surface area contributed by atoms with E-state index in [9.17, 15) is 10.2 Å². The lowest BCUT2D eigenvalue weighted by Crippen LogP contribution is -2.26. The normalized spacial score (nSPS) is 17.9. The van der Waals surface area contributed by atoms with E-state index in [0.717, 1.165) is 53.6 Å². The fourth-order valence-electron chi connectivity index (χ4n) is 4.98. The number of hydrogen-bond donors (Lipinski definition) is 2. The average Bonchev–Trinajstić information content (AvgIpc) is 2.88. The molecule has 1 heterocycles. The van der Waals surface area contributed by atoms with Gasteiger partial charge in [0, 0.05) is 12.5 Å². The molecule has 3 aromatic carbocycles. The van der Waals surface area contributed by atoms with Crippen molar-refractivity contribution in [3.05, 3.63) is 83.4 Å². The molecule has 3 aromatic rings. The predicted octanol–water partition coefficient (Wildman–Crippen LogP) is 6.69. The maximum Gasteiger partial charge on any atom is 0.131 e. The maximum absolute atomic E-state index is 9.97. The molecular formula is C31H39NO4. The third-order valence-electron chi connectivity index (χ3n) is 7.16. The van der Waals surface area contributed by atoms with Crippen LogP contribution in [-0.4, -0.2) is 41.9 Å². The number of ether oxygens (including phenoxy) is 2. The van der Waals surface area contributed by atoms with Crippen molar-refractivity contribution < 1.29 is 19.7 Å². The number of hydrogen-bond acceptors (Lipinski definition) is 5. The van der Waals surface area contributed by atoms with Crippen molar-refractivity contribution in [3.8, 4) is 23.0 Å². The van der Waals surface area contributed by atoms with Gasteiger partial charge in [0.05, 0.1) is 0 Å². The molecular weight excluding hydrogens is 450 g/mol. The van der Waals surface area contributed by atoms with E-state index in [1.54, 1.807) is 24.3 Å². The minimum Gasteiger partial charge on any atom is -0.508 e. The van der Waals surface area contributed by atoms with Gasteiger partial charge in [0.15, 0.2) is 0 Å².